The molecule has 1 aliphatic heterocycles. The van der Waals surface area contributed by atoms with Crippen molar-refractivity contribution < 1.29 is 0 Å². The van der Waals surface area contributed by atoms with Crippen molar-refractivity contribution in [2.75, 3.05) is 31.9 Å². The Bertz CT molecular complexity index is 427. The molecule has 118 valence electrons. The number of thioether (sulfide) groups is 1. The van der Waals surface area contributed by atoms with Gasteiger partial charge in [0.05, 0.1) is 0 Å². The van der Waals surface area contributed by atoms with Crippen molar-refractivity contribution >= 4 is 27.7 Å². The molecule has 2 nitrogen and oxygen atoms in total. The Morgan fingerprint density at radius 3 is 3.05 bits per heavy atom. The molecule has 1 heterocycles. The molecule has 1 N–H and O–H groups in total. The molecule has 1 aliphatic rings. The SMILES string of the molecule is CCCNC(CCN1CCSC(C)C1)c1cccc(Br)c1. The summed E-state index contributed by atoms with van der Waals surface area (Å²) in [6.45, 7) is 9.34. The van der Waals surface area contributed by atoms with Gasteiger partial charge in [-0.1, -0.05) is 41.9 Å². The minimum absolute atomic E-state index is 0.465. The maximum atomic E-state index is 3.71. The number of hydrogen-bond acceptors (Lipinski definition) is 3. The summed E-state index contributed by atoms with van der Waals surface area (Å²) >= 11 is 5.70. The molecule has 4 heteroatoms. The first-order valence-electron chi connectivity index (χ1n) is 8.02. The van der Waals surface area contributed by atoms with Crippen LogP contribution in [-0.4, -0.2) is 42.1 Å². The fraction of sp³-hybridized carbons (Fsp3) is 0.647. The molecule has 0 radical (unpaired) electrons. The van der Waals surface area contributed by atoms with E-state index < -0.39 is 0 Å². The quantitative estimate of drug-likeness (QED) is 0.769. The Balaban J connectivity index is 1.92. The summed E-state index contributed by atoms with van der Waals surface area (Å²) in [7, 11) is 0. The third-order valence-electron chi connectivity index (χ3n) is 3.95. The Kier molecular flexibility index (Phi) is 7.58. The predicted octanol–water partition coefficient (Wildman–Crippen LogP) is 4.32. The number of rotatable bonds is 7. The van der Waals surface area contributed by atoms with Crippen LogP contribution >= 0.6 is 27.7 Å². The highest BCUT2D eigenvalue weighted by Crippen LogP contribution is 2.23. The van der Waals surface area contributed by atoms with Crippen molar-refractivity contribution in [2.45, 2.75) is 38.0 Å². The van der Waals surface area contributed by atoms with Crippen molar-refractivity contribution in [3.8, 4) is 0 Å². The molecule has 1 saturated heterocycles. The van der Waals surface area contributed by atoms with Crippen molar-refractivity contribution in [1.29, 1.82) is 0 Å². The average Bonchev–Trinajstić information content (AvgIpc) is 2.47. The van der Waals surface area contributed by atoms with Crippen molar-refractivity contribution in [3.63, 3.8) is 0 Å². The molecule has 0 aromatic heterocycles. The predicted molar refractivity (Wildman–Crippen MR) is 98.2 cm³/mol. The van der Waals surface area contributed by atoms with Crippen molar-refractivity contribution in [1.82, 2.24) is 10.2 Å². The lowest BCUT2D eigenvalue weighted by Gasteiger charge is -2.32. The second-order valence-electron chi connectivity index (χ2n) is 5.83. The monoisotopic (exact) mass is 370 g/mol. The highest BCUT2D eigenvalue weighted by atomic mass is 79.9. The lowest BCUT2D eigenvalue weighted by atomic mass is 10.0. The fourth-order valence-electron chi connectivity index (χ4n) is 2.83. The maximum absolute atomic E-state index is 3.71. The first kappa shape index (κ1) is 17.3. The van der Waals surface area contributed by atoms with Gasteiger partial charge in [-0.15, -0.1) is 0 Å². The van der Waals surface area contributed by atoms with Gasteiger partial charge in [0.25, 0.3) is 0 Å². The summed E-state index contributed by atoms with van der Waals surface area (Å²) in [6, 6.07) is 9.20. The van der Waals surface area contributed by atoms with Crippen LogP contribution < -0.4 is 5.32 Å². The number of benzene rings is 1. The molecule has 0 spiro atoms. The number of hydrogen-bond donors (Lipinski definition) is 1. The molecule has 2 atom stereocenters. The number of nitrogens with zero attached hydrogens (tertiary/aromatic N) is 1. The molecule has 0 bridgehead atoms. The van der Waals surface area contributed by atoms with Crippen LogP contribution in [0.15, 0.2) is 28.7 Å². The molecular weight excluding hydrogens is 344 g/mol. The van der Waals surface area contributed by atoms with Gasteiger partial charge in [-0.05, 0) is 37.1 Å². The molecule has 2 unspecified atom stereocenters. The molecule has 0 saturated carbocycles. The third kappa shape index (κ3) is 5.93. The highest BCUT2D eigenvalue weighted by molar-refractivity contribution is 9.10. The summed E-state index contributed by atoms with van der Waals surface area (Å²) in [4.78, 5) is 2.62. The summed E-state index contributed by atoms with van der Waals surface area (Å²) in [5.41, 5.74) is 1.40. The smallest absolute Gasteiger partial charge is 0.0332 e. The largest absolute Gasteiger partial charge is 0.310 e. The number of nitrogens with one attached hydrogen (secondary N) is 1. The Morgan fingerprint density at radius 1 is 1.48 bits per heavy atom. The summed E-state index contributed by atoms with van der Waals surface area (Å²) < 4.78 is 1.17. The van der Waals surface area contributed by atoms with E-state index in [1.807, 2.05) is 0 Å². The van der Waals surface area contributed by atoms with Crippen molar-refractivity contribution in [3.05, 3.63) is 34.3 Å². The molecular formula is C17H27BrN2S. The Labute approximate surface area is 142 Å². The zero-order valence-electron chi connectivity index (χ0n) is 13.1. The fourth-order valence-corrected chi connectivity index (χ4v) is 4.33. The van der Waals surface area contributed by atoms with Gasteiger partial charge in [0.15, 0.2) is 0 Å². The van der Waals surface area contributed by atoms with Gasteiger partial charge in [0.2, 0.25) is 0 Å². The van der Waals surface area contributed by atoms with E-state index >= 15 is 0 Å². The first-order valence-corrected chi connectivity index (χ1v) is 9.86. The van der Waals surface area contributed by atoms with Crippen molar-refractivity contribution in [2.24, 2.45) is 0 Å². The molecule has 21 heavy (non-hydrogen) atoms. The van der Waals surface area contributed by atoms with E-state index in [9.17, 15) is 0 Å². The van der Waals surface area contributed by atoms with Gasteiger partial charge in [-0.2, -0.15) is 11.8 Å². The molecule has 1 aromatic carbocycles. The van der Waals surface area contributed by atoms with Gasteiger partial charge < -0.3 is 10.2 Å². The van der Waals surface area contributed by atoms with E-state index in [0.717, 1.165) is 11.8 Å². The molecule has 1 fully saturated rings. The standard InChI is InChI=1S/C17H27BrN2S/c1-3-8-19-17(15-5-4-6-16(18)12-15)7-9-20-10-11-21-14(2)13-20/h4-6,12,14,17,19H,3,7-11,13H2,1-2H3. The van der Waals surface area contributed by atoms with E-state index in [4.69, 9.17) is 0 Å². The van der Waals surface area contributed by atoms with Crippen LogP contribution in [0.2, 0.25) is 0 Å². The van der Waals surface area contributed by atoms with Crippen LogP contribution in [0.25, 0.3) is 0 Å². The van der Waals surface area contributed by atoms with Gasteiger partial charge in [-0.3, -0.25) is 0 Å². The molecule has 0 amide bonds. The van der Waals surface area contributed by atoms with Crippen LogP contribution in [0.5, 0.6) is 0 Å². The van der Waals surface area contributed by atoms with E-state index in [1.165, 1.54) is 48.3 Å². The Morgan fingerprint density at radius 2 is 2.33 bits per heavy atom. The average molecular weight is 371 g/mol. The summed E-state index contributed by atoms with van der Waals surface area (Å²) in [5, 5.41) is 4.49. The topological polar surface area (TPSA) is 15.3 Å². The van der Waals surface area contributed by atoms with Crippen LogP contribution in [0.4, 0.5) is 0 Å². The van der Waals surface area contributed by atoms with Gasteiger partial charge in [0.1, 0.15) is 0 Å². The highest BCUT2D eigenvalue weighted by Gasteiger charge is 2.18. The Hall–Kier alpha value is -0.0300. The van der Waals surface area contributed by atoms with E-state index in [-0.39, 0.29) is 0 Å². The van der Waals surface area contributed by atoms with Crippen LogP contribution in [-0.2, 0) is 0 Å². The third-order valence-corrected chi connectivity index (χ3v) is 5.58. The van der Waals surface area contributed by atoms with Crippen LogP contribution in [0.3, 0.4) is 0 Å². The zero-order chi connectivity index (χ0) is 15.1. The first-order chi connectivity index (χ1) is 10.2. The minimum Gasteiger partial charge on any atom is -0.310 e. The van der Waals surface area contributed by atoms with E-state index in [0.29, 0.717) is 6.04 Å². The minimum atomic E-state index is 0.465. The van der Waals surface area contributed by atoms with Gasteiger partial charge in [-0.25, -0.2) is 0 Å². The van der Waals surface area contributed by atoms with Crippen LogP contribution in [0, 0.1) is 0 Å². The summed E-state index contributed by atoms with van der Waals surface area (Å²) in [6.07, 6.45) is 2.37. The second-order valence-corrected chi connectivity index (χ2v) is 8.29. The van der Waals surface area contributed by atoms with Crippen LogP contribution in [0.1, 0.15) is 38.3 Å². The molecule has 1 aromatic rings. The van der Waals surface area contributed by atoms with E-state index in [2.05, 4.69) is 76.0 Å². The van der Waals surface area contributed by atoms with Gasteiger partial charge >= 0.3 is 0 Å². The molecule has 2 rings (SSSR count). The number of halogens is 1. The summed E-state index contributed by atoms with van der Waals surface area (Å²) in [5.74, 6) is 1.28. The lowest BCUT2D eigenvalue weighted by molar-refractivity contribution is 0.267. The zero-order valence-corrected chi connectivity index (χ0v) is 15.5. The maximum Gasteiger partial charge on any atom is 0.0332 e. The van der Waals surface area contributed by atoms with E-state index in [1.54, 1.807) is 0 Å². The van der Waals surface area contributed by atoms with Gasteiger partial charge in [0, 0.05) is 41.2 Å². The lowest BCUT2D eigenvalue weighted by Crippen LogP contribution is -2.38. The second kappa shape index (κ2) is 9.19. The molecule has 0 aliphatic carbocycles. The normalized spacial score (nSPS) is 21.4.